The zero-order chi connectivity index (χ0) is 11.5. The van der Waals surface area contributed by atoms with Crippen molar-refractivity contribution >= 4 is 0 Å². The normalized spacial score (nSPS) is 21.1. The zero-order valence-corrected chi connectivity index (χ0v) is 9.30. The summed E-state index contributed by atoms with van der Waals surface area (Å²) in [4.78, 5) is 0. The molecule has 16 heavy (non-hydrogen) atoms. The molecule has 1 aliphatic rings. The Hall–Kier alpha value is -1.19. The number of hydrogen-bond donors (Lipinski definition) is 2. The van der Waals surface area contributed by atoms with Gasteiger partial charge in [0.05, 0.1) is 6.04 Å². The lowest BCUT2D eigenvalue weighted by Gasteiger charge is -2.28. The fraction of sp³-hybridized carbons (Fsp3) is 0.385. The first-order valence-electron chi connectivity index (χ1n) is 5.62. The van der Waals surface area contributed by atoms with Gasteiger partial charge in [-0.1, -0.05) is 18.2 Å². The van der Waals surface area contributed by atoms with Crippen molar-refractivity contribution in [1.29, 1.82) is 0 Å². The average Bonchev–Trinajstić information content (AvgIpc) is 2.30. The Kier molecular flexibility index (Phi) is 3.36. The van der Waals surface area contributed by atoms with Gasteiger partial charge in [-0.25, -0.2) is 4.39 Å². The van der Waals surface area contributed by atoms with Crippen LogP contribution in [0.5, 0.6) is 0 Å². The quantitative estimate of drug-likeness (QED) is 0.750. The summed E-state index contributed by atoms with van der Waals surface area (Å²) in [7, 11) is 0. The van der Waals surface area contributed by atoms with Gasteiger partial charge >= 0.3 is 0 Å². The third-order valence-corrected chi connectivity index (χ3v) is 3.07. The van der Waals surface area contributed by atoms with E-state index in [2.05, 4.69) is 11.9 Å². The molecule has 1 unspecified atom stereocenters. The molecule has 2 nitrogen and oxygen atoms in total. The molecule has 0 saturated carbocycles. The molecule has 1 aromatic carbocycles. The number of rotatable bonds is 2. The molecule has 1 aliphatic heterocycles. The van der Waals surface area contributed by atoms with Crippen LogP contribution >= 0.6 is 0 Å². The Balaban J connectivity index is 2.34. The standard InChI is InChI=1S/C13H17FN2/c1-9-3-2-6-16-13(9)12-5-4-11(14)7-10(12)8-15/h4-5,7,13,16H,1-3,6,8,15H2. The van der Waals surface area contributed by atoms with Crippen LogP contribution in [-0.4, -0.2) is 6.54 Å². The van der Waals surface area contributed by atoms with Gasteiger partial charge in [-0.3, -0.25) is 0 Å². The van der Waals surface area contributed by atoms with E-state index in [0.717, 1.165) is 36.1 Å². The van der Waals surface area contributed by atoms with Crippen molar-refractivity contribution in [2.75, 3.05) is 6.54 Å². The summed E-state index contributed by atoms with van der Waals surface area (Å²) >= 11 is 0. The smallest absolute Gasteiger partial charge is 0.123 e. The molecule has 0 amide bonds. The second kappa shape index (κ2) is 4.76. The maximum Gasteiger partial charge on any atom is 0.123 e. The number of piperidine rings is 1. The second-order valence-electron chi connectivity index (χ2n) is 4.20. The van der Waals surface area contributed by atoms with Crippen LogP contribution in [0.1, 0.15) is 30.0 Å². The van der Waals surface area contributed by atoms with Crippen LogP contribution in [-0.2, 0) is 6.54 Å². The highest BCUT2D eigenvalue weighted by Crippen LogP contribution is 2.29. The molecular formula is C13H17FN2. The SMILES string of the molecule is C=C1CCCNC1c1ccc(F)cc1CN. The topological polar surface area (TPSA) is 38.0 Å². The van der Waals surface area contributed by atoms with Gasteiger partial charge in [0.1, 0.15) is 5.82 Å². The number of hydrogen-bond acceptors (Lipinski definition) is 2. The summed E-state index contributed by atoms with van der Waals surface area (Å²) in [6.07, 6.45) is 2.15. The van der Waals surface area contributed by atoms with Gasteiger partial charge in [0.15, 0.2) is 0 Å². The Bertz CT molecular complexity index is 401. The second-order valence-corrected chi connectivity index (χ2v) is 4.20. The largest absolute Gasteiger partial charge is 0.326 e. The van der Waals surface area contributed by atoms with Crippen molar-refractivity contribution in [3.63, 3.8) is 0 Å². The molecule has 1 heterocycles. The molecule has 0 radical (unpaired) electrons. The van der Waals surface area contributed by atoms with Crippen LogP contribution in [0.4, 0.5) is 4.39 Å². The molecule has 0 aliphatic carbocycles. The lowest BCUT2D eigenvalue weighted by atomic mass is 9.90. The molecular weight excluding hydrogens is 203 g/mol. The molecule has 86 valence electrons. The fourth-order valence-corrected chi connectivity index (χ4v) is 2.21. The van der Waals surface area contributed by atoms with E-state index in [-0.39, 0.29) is 11.9 Å². The van der Waals surface area contributed by atoms with E-state index in [4.69, 9.17) is 5.73 Å². The van der Waals surface area contributed by atoms with Crippen LogP contribution < -0.4 is 11.1 Å². The Morgan fingerprint density at radius 2 is 2.31 bits per heavy atom. The summed E-state index contributed by atoms with van der Waals surface area (Å²) in [5.74, 6) is -0.231. The van der Waals surface area contributed by atoms with Gasteiger partial charge in [0.25, 0.3) is 0 Å². The molecule has 2 rings (SSSR count). The monoisotopic (exact) mass is 220 g/mol. The highest BCUT2D eigenvalue weighted by Gasteiger charge is 2.20. The number of benzene rings is 1. The molecule has 1 saturated heterocycles. The van der Waals surface area contributed by atoms with E-state index in [1.807, 2.05) is 6.07 Å². The minimum Gasteiger partial charge on any atom is -0.326 e. The number of nitrogens with two attached hydrogens (primary N) is 1. The van der Waals surface area contributed by atoms with Crippen molar-refractivity contribution in [3.8, 4) is 0 Å². The van der Waals surface area contributed by atoms with Crippen LogP contribution in [0, 0.1) is 5.82 Å². The van der Waals surface area contributed by atoms with Crippen molar-refractivity contribution in [3.05, 3.63) is 47.3 Å². The highest BCUT2D eigenvalue weighted by molar-refractivity contribution is 5.36. The van der Waals surface area contributed by atoms with Crippen molar-refractivity contribution in [1.82, 2.24) is 5.32 Å². The molecule has 1 fully saturated rings. The molecule has 3 N–H and O–H groups in total. The predicted molar refractivity (Wildman–Crippen MR) is 63.4 cm³/mol. The van der Waals surface area contributed by atoms with Crippen LogP contribution in [0.3, 0.4) is 0 Å². The van der Waals surface area contributed by atoms with Crippen molar-refractivity contribution in [2.24, 2.45) is 5.73 Å². The van der Waals surface area contributed by atoms with Crippen LogP contribution in [0.25, 0.3) is 0 Å². The zero-order valence-electron chi connectivity index (χ0n) is 9.30. The minimum absolute atomic E-state index is 0.132. The molecule has 0 aromatic heterocycles. The molecule has 1 aromatic rings. The van der Waals surface area contributed by atoms with E-state index in [9.17, 15) is 4.39 Å². The molecule has 0 bridgehead atoms. The maximum absolute atomic E-state index is 13.1. The Labute approximate surface area is 95.3 Å². The summed E-state index contributed by atoms with van der Waals surface area (Å²) < 4.78 is 13.1. The third kappa shape index (κ3) is 2.15. The lowest BCUT2D eigenvalue weighted by Crippen LogP contribution is -2.29. The molecule has 3 heteroatoms. The van der Waals surface area contributed by atoms with Gasteiger partial charge in [0, 0.05) is 6.54 Å². The predicted octanol–water partition coefficient (Wildman–Crippen LogP) is 2.27. The van der Waals surface area contributed by atoms with Gasteiger partial charge in [0.2, 0.25) is 0 Å². The van der Waals surface area contributed by atoms with Crippen molar-refractivity contribution < 1.29 is 4.39 Å². The van der Waals surface area contributed by atoms with E-state index in [1.54, 1.807) is 0 Å². The molecule has 1 atom stereocenters. The first-order valence-corrected chi connectivity index (χ1v) is 5.62. The van der Waals surface area contributed by atoms with Gasteiger partial charge in [-0.2, -0.15) is 0 Å². The fourth-order valence-electron chi connectivity index (χ4n) is 2.21. The Morgan fingerprint density at radius 1 is 1.50 bits per heavy atom. The maximum atomic E-state index is 13.1. The summed E-state index contributed by atoms with van der Waals surface area (Å²) in [6.45, 7) is 5.41. The van der Waals surface area contributed by atoms with Crippen molar-refractivity contribution in [2.45, 2.75) is 25.4 Å². The van der Waals surface area contributed by atoms with Crippen LogP contribution in [0.2, 0.25) is 0 Å². The first-order chi connectivity index (χ1) is 7.72. The summed E-state index contributed by atoms with van der Waals surface area (Å²) in [5, 5.41) is 3.40. The Morgan fingerprint density at radius 3 is 3.00 bits per heavy atom. The highest BCUT2D eigenvalue weighted by atomic mass is 19.1. The van der Waals surface area contributed by atoms with Gasteiger partial charge < -0.3 is 11.1 Å². The van der Waals surface area contributed by atoms with Gasteiger partial charge in [-0.15, -0.1) is 0 Å². The van der Waals surface area contributed by atoms with Gasteiger partial charge in [-0.05, 0) is 42.6 Å². The van der Waals surface area contributed by atoms with E-state index >= 15 is 0 Å². The lowest BCUT2D eigenvalue weighted by molar-refractivity contribution is 0.503. The summed E-state index contributed by atoms with van der Waals surface area (Å²) in [5.41, 5.74) is 8.73. The minimum atomic E-state index is -0.231. The molecule has 0 spiro atoms. The summed E-state index contributed by atoms with van der Waals surface area (Å²) in [6, 6.07) is 4.94. The van der Waals surface area contributed by atoms with E-state index in [1.165, 1.54) is 12.1 Å². The number of halogens is 1. The third-order valence-electron chi connectivity index (χ3n) is 3.07. The average molecular weight is 220 g/mol. The van der Waals surface area contributed by atoms with Crippen LogP contribution in [0.15, 0.2) is 30.4 Å². The van der Waals surface area contributed by atoms with E-state index in [0.29, 0.717) is 6.54 Å². The van der Waals surface area contributed by atoms with E-state index < -0.39 is 0 Å². The number of nitrogens with one attached hydrogen (secondary N) is 1. The first kappa shape index (κ1) is 11.3.